The highest BCUT2D eigenvalue weighted by molar-refractivity contribution is 5.97. The van der Waals surface area contributed by atoms with Crippen molar-refractivity contribution in [3.05, 3.63) is 113 Å². The van der Waals surface area contributed by atoms with Crippen LogP contribution in [0.5, 0.6) is 17.2 Å². The van der Waals surface area contributed by atoms with E-state index in [2.05, 4.69) is 76.2 Å². The van der Waals surface area contributed by atoms with Crippen LogP contribution >= 0.6 is 0 Å². The maximum Gasteiger partial charge on any atom is 0.314 e. The number of ether oxygens (including phenoxy) is 3. The van der Waals surface area contributed by atoms with Crippen molar-refractivity contribution >= 4 is 17.5 Å². The Hall–Kier alpha value is -4.71. The van der Waals surface area contributed by atoms with E-state index >= 15 is 0 Å². The van der Waals surface area contributed by atoms with E-state index in [4.69, 9.17) is 14.2 Å². The average molecular weight is 867 g/mol. The van der Waals surface area contributed by atoms with E-state index in [0.29, 0.717) is 54.1 Å². The van der Waals surface area contributed by atoms with Crippen LogP contribution in [0.4, 0.5) is 0 Å². The molecule has 6 nitrogen and oxygen atoms in total. The zero-order valence-corrected chi connectivity index (χ0v) is 37.0. The Morgan fingerprint density at radius 3 is 1.57 bits per heavy atom. The van der Waals surface area contributed by atoms with Crippen LogP contribution < -0.4 is 14.2 Å². The lowest BCUT2D eigenvalue weighted by molar-refractivity contribution is -0.140. The number of rotatable bonds is 15. The predicted octanol–water partition coefficient (Wildman–Crippen LogP) is 16.0. The summed E-state index contributed by atoms with van der Waals surface area (Å²) < 4.78 is 17.0. The van der Waals surface area contributed by atoms with Gasteiger partial charge in [0.15, 0.2) is 5.78 Å². The van der Waals surface area contributed by atoms with Gasteiger partial charge in [0, 0.05) is 12.3 Å². The van der Waals surface area contributed by atoms with Crippen molar-refractivity contribution in [3.63, 3.8) is 0 Å². The fraction of sp³-hybridized carbons (Fsp3) is 0.526. The minimum absolute atomic E-state index is 0. The molecule has 0 amide bonds. The molecule has 2 saturated carbocycles. The van der Waals surface area contributed by atoms with Gasteiger partial charge in [0.1, 0.15) is 23.0 Å². The van der Waals surface area contributed by atoms with Crippen molar-refractivity contribution in [3.8, 4) is 28.4 Å². The van der Waals surface area contributed by atoms with E-state index in [1.54, 1.807) is 12.1 Å². The third kappa shape index (κ3) is 19.7. The molecule has 0 radical (unpaired) electrons. The van der Waals surface area contributed by atoms with Gasteiger partial charge in [0.2, 0.25) is 0 Å². The topological polar surface area (TPSA) is 78.9 Å². The summed E-state index contributed by atoms with van der Waals surface area (Å²) in [4.78, 5) is 35.8. The summed E-state index contributed by atoms with van der Waals surface area (Å²) in [6.07, 6.45) is 13.6. The molecule has 2 fully saturated rings. The molecule has 0 heterocycles. The monoisotopic (exact) mass is 867 g/mol. The number of benzene rings is 4. The van der Waals surface area contributed by atoms with Crippen molar-refractivity contribution < 1.29 is 28.6 Å². The molecule has 0 atom stereocenters. The van der Waals surface area contributed by atoms with Gasteiger partial charge in [-0.1, -0.05) is 136 Å². The van der Waals surface area contributed by atoms with Crippen LogP contribution in [0.3, 0.4) is 0 Å². The van der Waals surface area contributed by atoms with E-state index in [9.17, 15) is 14.4 Å². The number of esters is 1. The fourth-order valence-electron chi connectivity index (χ4n) is 7.92. The molecule has 0 aromatic heterocycles. The summed E-state index contributed by atoms with van der Waals surface area (Å²) >= 11 is 0. The van der Waals surface area contributed by atoms with Gasteiger partial charge in [0.05, 0.1) is 24.7 Å². The van der Waals surface area contributed by atoms with Crippen LogP contribution in [0.25, 0.3) is 11.1 Å². The Kier molecular flexibility index (Phi) is 28.9. The van der Waals surface area contributed by atoms with Crippen molar-refractivity contribution in [2.75, 3.05) is 13.2 Å². The summed E-state index contributed by atoms with van der Waals surface area (Å²) in [5, 5.41) is 0. The number of hydrogen-bond donors (Lipinski definition) is 0. The Balaban J connectivity index is 0.000000955. The minimum Gasteiger partial charge on any atom is -0.493 e. The van der Waals surface area contributed by atoms with Crippen molar-refractivity contribution in [1.29, 1.82) is 0 Å². The van der Waals surface area contributed by atoms with Crippen LogP contribution in [0, 0.1) is 30.6 Å². The normalized spacial score (nSPS) is 17.4. The molecule has 0 unspecified atom stereocenters. The van der Waals surface area contributed by atoms with Crippen LogP contribution in [-0.4, -0.2) is 30.7 Å². The first-order valence-electron chi connectivity index (χ1n) is 22.4. The Morgan fingerprint density at radius 2 is 1.08 bits per heavy atom. The molecular formula is C57H86O6. The van der Waals surface area contributed by atoms with Gasteiger partial charge in [-0.3, -0.25) is 14.4 Å². The number of hydrogen-bond acceptors (Lipinski definition) is 6. The van der Waals surface area contributed by atoms with E-state index in [1.165, 1.54) is 48.4 Å². The fourth-order valence-corrected chi connectivity index (χ4v) is 7.92. The summed E-state index contributed by atoms with van der Waals surface area (Å²) in [5.41, 5.74) is 7.08. The quantitative estimate of drug-likeness (QED) is 0.0673. The van der Waals surface area contributed by atoms with E-state index in [1.807, 2.05) is 44.2 Å². The van der Waals surface area contributed by atoms with Crippen molar-refractivity contribution in [1.82, 2.24) is 0 Å². The second-order valence-corrected chi connectivity index (χ2v) is 16.6. The third-order valence-corrected chi connectivity index (χ3v) is 11.7. The summed E-state index contributed by atoms with van der Waals surface area (Å²) in [6, 6.07) is 30.7. The number of carbonyl (C=O) groups excluding carboxylic acids is 3. The van der Waals surface area contributed by atoms with E-state index in [-0.39, 0.29) is 53.3 Å². The standard InChI is InChI=1S/C23H28O2.C20H28O4.C10H14.4CH4/c1-3-4-18-7-11-19(12-8-18)20-13-15-22(16-14-20)25-23(24)21-9-5-17(2)6-10-21;1-4-19(22)16-8-6-15(7-9-16)13-24-17-10-11-20(23-5-2)18(12-17)14(3)21;1-3-4-10-7-5-9(2)6-8-10;;;;/h7-8,11-17,21H,3-6,9-10H2,1-2H3;10-12,15-16H,4-9,13H2,1-3H3;5-8H,3-4H2,1-2H3;4*1H4. The smallest absolute Gasteiger partial charge is 0.314 e. The lowest BCUT2D eigenvalue weighted by atomic mass is 9.80. The molecule has 2 aliphatic carbocycles. The third-order valence-electron chi connectivity index (χ3n) is 11.7. The zero-order chi connectivity index (χ0) is 42.6. The van der Waals surface area contributed by atoms with Crippen LogP contribution in [0.2, 0.25) is 0 Å². The number of Topliss-reactive ketones (excluding diaryl/α,β-unsaturated/α-hetero) is 2. The molecule has 350 valence electrons. The van der Waals surface area contributed by atoms with Gasteiger partial charge >= 0.3 is 5.97 Å². The molecule has 2 aliphatic rings. The van der Waals surface area contributed by atoms with Gasteiger partial charge in [0.25, 0.3) is 0 Å². The molecule has 0 spiro atoms. The van der Waals surface area contributed by atoms with Gasteiger partial charge in [-0.25, -0.2) is 0 Å². The van der Waals surface area contributed by atoms with Gasteiger partial charge in [-0.2, -0.15) is 0 Å². The first-order valence-corrected chi connectivity index (χ1v) is 22.4. The van der Waals surface area contributed by atoms with Gasteiger partial charge in [-0.05, 0) is 149 Å². The molecule has 4 aromatic rings. The number of ketones is 2. The molecule has 0 N–H and O–H groups in total. The molecule has 0 aliphatic heterocycles. The summed E-state index contributed by atoms with van der Waals surface area (Å²) in [7, 11) is 0. The summed E-state index contributed by atoms with van der Waals surface area (Å²) in [5.74, 6) is 3.81. The van der Waals surface area contributed by atoms with E-state index < -0.39 is 0 Å². The molecule has 0 bridgehead atoms. The molecule has 0 saturated heterocycles. The zero-order valence-electron chi connectivity index (χ0n) is 37.0. The van der Waals surface area contributed by atoms with Crippen molar-refractivity contribution in [2.24, 2.45) is 23.7 Å². The Morgan fingerprint density at radius 1 is 0.587 bits per heavy atom. The Bertz CT molecular complexity index is 1840. The first-order chi connectivity index (χ1) is 28.5. The maximum absolute atomic E-state index is 12.3. The molecular weight excluding hydrogens is 781 g/mol. The molecule has 63 heavy (non-hydrogen) atoms. The lowest BCUT2D eigenvalue weighted by Crippen LogP contribution is -2.24. The highest BCUT2D eigenvalue weighted by Crippen LogP contribution is 2.32. The SMILES string of the molecule is C.C.C.C.CCCc1ccc(-c2ccc(OC(=O)C3CCC(C)CC3)cc2)cc1.CCCc1ccc(C)cc1.CCOc1ccc(OCC2CCC(C(=O)CC)CC2)cc1C(C)=O. The number of aryl methyl sites for hydroxylation is 3. The number of carbonyl (C=O) groups is 3. The van der Waals surface area contributed by atoms with Crippen LogP contribution in [-0.2, 0) is 22.4 Å². The molecule has 6 heteroatoms. The second-order valence-electron chi connectivity index (χ2n) is 16.6. The lowest BCUT2D eigenvalue weighted by Gasteiger charge is -2.27. The first kappa shape index (κ1) is 58.3. The molecule has 4 aromatic carbocycles. The van der Waals surface area contributed by atoms with Gasteiger partial charge < -0.3 is 14.2 Å². The average Bonchev–Trinajstić information content (AvgIpc) is 3.25. The highest BCUT2D eigenvalue weighted by atomic mass is 16.5. The van der Waals surface area contributed by atoms with Crippen LogP contribution in [0.15, 0.2) is 91.0 Å². The minimum atomic E-state index is -0.0661. The predicted molar refractivity (Wildman–Crippen MR) is 269 cm³/mol. The Labute approximate surface area is 384 Å². The van der Waals surface area contributed by atoms with Crippen molar-refractivity contribution in [2.45, 2.75) is 162 Å². The maximum atomic E-state index is 12.3. The second kappa shape index (κ2) is 31.2. The van der Waals surface area contributed by atoms with E-state index in [0.717, 1.165) is 69.3 Å². The highest BCUT2D eigenvalue weighted by Gasteiger charge is 2.27. The largest absolute Gasteiger partial charge is 0.493 e. The van der Waals surface area contributed by atoms with Gasteiger partial charge in [-0.15, -0.1) is 0 Å². The molecule has 6 rings (SSSR count). The van der Waals surface area contributed by atoms with Crippen LogP contribution in [0.1, 0.15) is 169 Å². The summed E-state index contributed by atoms with van der Waals surface area (Å²) in [6.45, 7) is 15.3.